The molecule has 2 unspecified atom stereocenters. The smallest absolute Gasteiger partial charge is 0.147 e. The standard InChI is InChI=1S/C39H54NO3P3/c1-7-12-17-28-22-31-37-33(24-28)45(42,20-15-10-4)35-26-30(19-14-9-3)27-36-39(35)40(37)38-32(44(31,6)41)23-29(18-13-8-2)25-34(38)46(36,43)21-16-11-5/h22-27H,7-21H2,1-6H3. The van der Waals surface area contributed by atoms with Crippen LogP contribution in [0.4, 0.5) is 17.1 Å². The van der Waals surface area contributed by atoms with Gasteiger partial charge < -0.3 is 18.6 Å². The summed E-state index contributed by atoms with van der Waals surface area (Å²) in [5, 5.41) is 5.33. The van der Waals surface area contributed by atoms with Crippen LogP contribution in [0.2, 0.25) is 0 Å². The molecular weight excluding hydrogens is 623 g/mol. The fourth-order valence-corrected chi connectivity index (χ4v) is 17.3. The van der Waals surface area contributed by atoms with Crippen LogP contribution in [-0.4, -0.2) is 19.0 Å². The third-order valence-corrected chi connectivity index (χ3v) is 19.5. The highest BCUT2D eigenvalue weighted by molar-refractivity contribution is 7.83. The van der Waals surface area contributed by atoms with Gasteiger partial charge in [-0.25, -0.2) is 0 Å². The molecule has 3 aliphatic heterocycles. The number of hydrogen-bond acceptors (Lipinski definition) is 4. The Bertz CT molecular complexity index is 1690. The molecule has 0 fully saturated rings. The summed E-state index contributed by atoms with van der Waals surface area (Å²) >= 11 is 0. The largest absolute Gasteiger partial charge is 0.314 e. The van der Waals surface area contributed by atoms with Crippen molar-refractivity contribution >= 4 is 70.3 Å². The van der Waals surface area contributed by atoms with Gasteiger partial charge in [0, 0.05) is 44.2 Å². The molecule has 3 aromatic carbocycles. The van der Waals surface area contributed by atoms with Gasteiger partial charge in [-0.3, -0.25) is 0 Å². The van der Waals surface area contributed by atoms with Crippen LogP contribution in [0, 0.1) is 0 Å². The molecule has 0 spiro atoms. The molecule has 0 saturated heterocycles. The van der Waals surface area contributed by atoms with Crippen LogP contribution in [0.15, 0.2) is 36.4 Å². The van der Waals surface area contributed by atoms with Crippen LogP contribution in [-0.2, 0) is 33.0 Å². The highest BCUT2D eigenvalue weighted by Gasteiger charge is 2.54. The van der Waals surface area contributed by atoms with Crippen LogP contribution in [0.1, 0.15) is 116 Å². The van der Waals surface area contributed by atoms with E-state index in [0.29, 0.717) is 12.3 Å². The zero-order valence-corrected chi connectivity index (χ0v) is 31.8. The molecule has 3 aromatic rings. The van der Waals surface area contributed by atoms with Crippen molar-refractivity contribution in [3.05, 3.63) is 53.1 Å². The molecule has 4 nitrogen and oxygen atoms in total. The summed E-state index contributed by atoms with van der Waals surface area (Å²) in [5.41, 5.74) is 6.14. The van der Waals surface area contributed by atoms with Gasteiger partial charge in [-0.1, -0.05) is 66.7 Å². The Balaban J connectivity index is 1.78. The van der Waals surface area contributed by atoms with Gasteiger partial charge in [0.2, 0.25) is 0 Å². The zero-order valence-electron chi connectivity index (χ0n) is 29.1. The van der Waals surface area contributed by atoms with E-state index in [1.807, 2.05) is 6.66 Å². The number of unbranched alkanes of at least 4 members (excludes halogenated alkanes) is 5. The lowest BCUT2D eigenvalue weighted by Crippen LogP contribution is -2.50. The van der Waals surface area contributed by atoms with Crippen molar-refractivity contribution in [2.75, 3.05) is 23.9 Å². The van der Waals surface area contributed by atoms with Gasteiger partial charge in [-0.15, -0.1) is 0 Å². The van der Waals surface area contributed by atoms with E-state index in [1.165, 1.54) is 5.56 Å². The van der Waals surface area contributed by atoms with Gasteiger partial charge in [0.25, 0.3) is 0 Å². The van der Waals surface area contributed by atoms with Gasteiger partial charge in [0.05, 0.1) is 17.1 Å². The molecule has 7 heteroatoms. The third kappa shape index (κ3) is 5.29. The quantitative estimate of drug-likeness (QED) is 0.151. The van der Waals surface area contributed by atoms with Crippen molar-refractivity contribution in [2.24, 2.45) is 0 Å². The molecule has 0 bridgehead atoms. The SMILES string of the molecule is CCCCc1cc2c3c(c1)P(=O)(CCCC)c1cc(CCCC)cc4c1N3c1c(cc(CCCC)cc1P4(=O)CCCC)P2(C)=O. The first-order chi connectivity index (χ1) is 22.1. The maximum absolute atomic E-state index is 16.0. The van der Waals surface area contributed by atoms with Gasteiger partial charge in [0.1, 0.15) is 21.4 Å². The van der Waals surface area contributed by atoms with Crippen molar-refractivity contribution < 1.29 is 13.7 Å². The summed E-state index contributed by atoms with van der Waals surface area (Å²) in [5.74, 6) is 0. The predicted molar refractivity (Wildman–Crippen MR) is 203 cm³/mol. The molecule has 6 rings (SSSR count). The van der Waals surface area contributed by atoms with Crippen molar-refractivity contribution in [3.8, 4) is 0 Å². The Kier molecular flexibility index (Phi) is 9.78. The molecule has 0 amide bonds. The monoisotopic (exact) mass is 677 g/mol. The van der Waals surface area contributed by atoms with E-state index in [2.05, 4.69) is 75.9 Å². The number of hydrogen-bond donors (Lipinski definition) is 0. The van der Waals surface area contributed by atoms with Crippen molar-refractivity contribution in [1.29, 1.82) is 0 Å². The van der Waals surface area contributed by atoms with E-state index in [0.717, 1.165) is 143 Å². The van der Waals surface area contributed by atoms with E-state index in [4.69, 9.17) is 0 Å². The molecule has 0 saturated carbocycles. The fourth-order valence-electron chi connectivity index (χ4n) is 7.97. The topological polar surface area (TPSA) is 54.5 Å². The summed E-state index contributed by atoms with van der Waals surface area (Å²) in [6.45, 7) is 12.9. The van der Waals surface area contributed by atoms with Crippen LogP contribution in [0.3, 0.4) is 0 Å². The van der Waals surface area contributed by atoms with Crippen molar-refractivity contribution in [3.63, 3.8) is 0 Å². The lowest BCUT2D eigenvalue weighted by molar-refractivity contribution is 0.584. The van der Waals surface area contributed by atoms with Gasteiger partial charge in [0.15, 0.2) is 0 Å². The number of rotatable bonds is 15. The molecule has 248 valence electrons. The Morgan fingerprint density at radius 2 is 0.739 bits per heavy atom. The van der Waals surface area contributed by atoms with Crippen LogP contribution in [0.5, 0.6) is 0 Å². The maximum atomic E-state index is 16.0. The number of nitrogens with zero attached hydrogens (tertiary/aromatic N) is 1. The Labute approximate surface area is 278 Å². The molecule has 0 aromatic heterocycles. The molecule has 46 heavy (non-hydrogen) atoms. The van der Waals surface area contributed by atoms with Gasteiger partial charge in [-0.2, -0.15) is 0 Å². The second-order valence-corrected chi connectivity index (χ2v) is 22.7. The fraction of sp³-hybridized carbons (Fsp3) is 0.538. The second-order valence-electron chi connectivity index (χ2n) is 14.2. The summed E-state index contributed by atoms with van der Waals surface area (Å²) in [6.07, 6.45) is 13.8. The molecule has 3 aliphatic rings. The molecule has 0 aliphatic carbocycles. The molecule has 3 heterocycles. The Morgan fingerprint density at radius 3 is 1.04 bits per heavy atom. The van der Waals surface area contributed by atoms with E-state index >= 15 is 13.7 Å². The Morgan fingerprint density at radius 1 is 0.457 bits per heavy atom. The van der Waals surface area contributed by atoms with E-state index in [-0.39, 0.29) is 0 Å². The second kappa shape index (κ2) is 13.2. The van der Waals surface area contributed by atoms with Crippen molar-refractivity contribution in [1.82, 2.24) is 0 Å². The minimum Gasteiger partial charge on any atom is -0.314 e. The minimum atomic E-state index is -3.13. The number of aryl methyl sites for hydroxylation is 3. The van der Waals surface area contributed by atoms with E-state index in [1.54, 1.807) is 0 Å². The lowest BCUT2D eigenvalue weighted by Gasteiger charge is -2.49. The lowest BCUT2D eigenvalue weighted by atomic mass is 10.0. The van der Waals surface area contributed by atoms with Gasteiger partial charge >= 0.3 is 0 Å². The third-order valence-electron chi connectivity index (χ3n) is 10.6. The average molecular weight is 678 g/mol. The first kappa shape index (κ1) is 34.0. The summed E-state index contributed by atoms with van der Waals surface area (Å²) < 4.78 is 47.5. The van der Waals surface area contributed by atoms with Crippen molar-refractivity contribution in [2.45, 2.75) is 118 Å². The van der Waals surface area contributed by atoms with Crippen LogP contribution >= 0.6 is 21.4 Å². The highest BCUT2D eigenvalue weighted by Crippen LogP contribution is 2.65. The van der Waals surface area contributed by atoms with Gasteiger partial charge in [-0.05, 0) is 111 Å². The maximum Gasteiger partial charge on any atom is 0.147 e. The summed E-state index contributed by atoms with van der Waals surface area (Å²) in [6, 6.07) is 13.3. The minimum absolute atomic E-state index is 0.591. The summed E-state index contributed by atoms with van der Waals surface area (Å²) in [4.78, 5) is 2.32. The van der Waals surface area contributed by atoms with E-state index in [9.17, 15) is 0 Å². The number of benzene rings is 3. The van der Waals surface area contributed by atoms with Crippen LogP contribution < -0.4 is 36.7 Å². The van der Waals surface area contributed by atoms with Crippen LogP contribution in [0.25, 0.3) is 0 Å². The molecule has 0 radical (unpaired) electrons. The first-order valence-corrected chi connectivity index (χ1v) is 24.1. The molecule has 2 atom stereocenters. The average Bonchev–Trinajstić information content (AvgIpc) is 3.05. The summed E-state index contributed by atoms with van der Waals surface area (Å²) in [7, 11) is -9.37. The molecule has 0 N–H and O–H groups in total. The first-order valence-electron chi connectivity index (χ1n) is 18.2. The van der Waals surface area contributed by atoms with E-state index < -0.39 is 21.4 Å². The normalized spacial score (nSPS) is 23.5. The zero-order chi connectivity index (χ0) is 32.9. The molecular formula is C39H54NO3P3. The number of anilines is 3. The predicted octanol–water partition coefficient (Wildman–Crippen LogP) is 9.30. The highest BCUT2D eigenvalue weighted by atomic mass is 31.2. The Hall–Kier alpha value is -1.85.